The number of rotatable bonds is 8. The predicted octanol–water partition coefficient (Wildman–Crippen LogP) is 2.47. The second-order valence-corrected chi connectivity index (χ2v) is 12.1. The highest BCUT2D eigenvalue weighted by Crippen LogP contribution is 2.67. The van der Waals surface area contributed by atoms with E-state index in [0.717, 1.165) is 11.3 Å². The lowest BCUT2D eigenvalue weighted by Gasteiger charge is -2.23. The molecule has 2 fully saturated rings. The maximum absolute atomic E-state index is 12.7. The Morgan fingerprint density at radius 3 is 2.78 bits per heavy atom. The first kappa shape index (κ1) is 26.0. The SMILES string of the molecule is CNC(=O)[C@@]12C[C@@H]1[C@@H](n1cnc3c(NCCc4ccccc4)nc(-n4cc(-c5ccc(Cl)s5)nn4)nc31)[C@H](O)[C@@H]2O. The monoisotopic (exact) mass is 591 g/mol. The lowest BCUT2D eigenvalue weighted by molar-refractivity contribution is -0.132. The zero-order valence-corrected chi connectivity index (χ0v) is 23.4. The molecule has 41 heavy (non-hydrogen) atoms. The van der Waals surface area contributed by atoms with E-state index in [0.29, 0.717) is 40.0 Å². The summed E-state index contributed by atoms with van der Waals surface area (Å²) in [4.78, 5) is 27.7. The fraction of sp³-hybridized carbons (Fsp3) is 0.333. The molecule has 12 nitrogen and oxygen atoms in total. The zero-order valence-electron chi connectivity index (χ0n) is 21.8. The maximum atomic E-state index is 12.7. The highest BCUT2D eigenvalue weighted by Gasteiger charge is 2.75. The van der Waals surface area contributed by atoms with Crippen LogP contribution in [0, 0.1) is 11.3 Å². The number of carbonyl (C=O) groups is 1. The molecule has 5 atom stereocenters. The Morgan fingerprint density at radius 1 is 1.20 bits per heavy atom. The summed E-state index contributed by atoms with van der Waals surface area (Å²) in [6, 6.07) is 13.2. The number of hydrogen-bond acceptors (Lipinski definition) is 10. The molecule has 2 saturated carbocycles. The van der Waals surface area contributed by atoms with Crippen molar-refractivity contribution in [2.24, 2.45) is 11.3 Å². The molecule has 1 amide bonds. The number of imidazole rings is 1. The number of hydrogen-bond donors (Lipinski definition) is 4. The lowest BCUT2D eigenvalue weighted by atomic mass is 9.98. The third kappa shape index (κ3) is 4.19. The average molecular weight is 592 g/mol. The van der Waals surface area contributed by atoms with Gasteiger partial charge in [0.15, 0.2) is 17.0 Å². The summed E-state index contributed by atoms with van der Waals surface area (Å²) in [6.45, 7) is 0.589. The van der Waals surface area contributed by atoms with Crippen molar-refractivity contribution in [2.75, 3.05) is 18.9 Å². The summed E-state index contributed by atoms with van der Waals surface area (Å²) in [5, 5.41) is 36.6. The van der Waals surface area contributed by atoms with E-state index in [2.05, 4.69) is 38.1 Å². The van der Waals surface area contributed by atoms with Crippen molar-refractivity contribution in [1.29, 1.82) is 0 Å². The summed E-state index contributed by atoms with van der Waals surface area (Å²) >= 11 is 7.51. The Bertz CT molecular complexity index is 1760. The molecule has 0 bridgehead atoms. The zero-order chi connectivity index (χ0) is 28.3. The quantitative estimate of drug-likeness (QED) is 0.213. The van der Waals surface area contributed by atoms with Crippen LogP contribution in [0.5, 0.6) is 0 Å². The van der Waals surface area contributed by atoms with Gasteiger partial charge >= 0.3 is 0 Å². The molecule has 0 radical (unpaired) electrons. The second kappa shape index (κ2) is 9.87. The Morgan fingerprint density at radius 2 is 2.02 bits per heavy atom. The van der Waals surface area contributed by atoms with Gasteiger partial charge in [-0.25, -0.2) is 4.98 Å². The average Bonchev–Trinajstić information content (AvgIpc) is 3.39. The fourth-order valence-corrected chi connectivity index (χ4v) is 7.02. The largest absolute Gasteiger partial charge is 0.389 e. The van der Waals surface area contributed by atoms with Crippen LogP contribution in [0.25, 0.3) is 27.7 Å². The molecular formula is C27H26ClN9O3S. The Kier molecular flexibility index (Phi) is 6.27. The summed E-state index contributed by atoms with van der Waals surface area (Å²) in [5.74, 6) is 0.212. The van der Waals surface area contributed by atoms with Crippen LogP contribution >= 0.6 is 22.9 Å². The number of carbonyl (C=O) groups excluding carboxylic acids is 1. The molecule has 5 aromatic rings. The van der Waals surface area contributed by atoms with E-state index >= 15 is 0 Å². The molecule has 210 valence electrons. The first-order valence-electron chi connectivity index (χ1n) is 13.2. The van der Waals surface area contributed by atoms with E-state index in [1.807, 2.05) is 24.3 Å². The molecule has 0 saturated heterocycles. The van der Waals surface area contributed by atoms with Gasteiger partial charge in [-0.2, -0.15) is 14.6 Å². The number of thiophene rings is 1. The van der Waals surface area contributed by atoms with E-state index < -0.39 is 23.7 Å². The minimum atomic E-state index is -1.20. The van der Waals surface area contributed by atoms with Gasteiger partial charge in [0, 0.05) is 19.5 Å². The molecule has 4 N–H and O–H groups in total. The Hall–Kier alpha value is -3.91. The number of nitrogens with zero attached hydrogens (tertiary/aromatic N) is 7. The summed E-state index contributed by atoms with van der Waals surface area (Å²) in [6.07, 6.45) is 2.17. The van der Waals surface area contributed by atoms with Crippen molar-refractivity contribution >= 4 is 45.8 Å². The number of aromatic nitrogens is 7. The number of halogens is 1. The van der Waals surface area contributed by atoms with E-state index in [4.69, 9.17) is 21.6 Å². The van der Waals surface area contributed by atoms with Crippen LogP contribution in [0.3, 0.4) is 0 Å². The van der Waals surface area contributed by atoms with Gasteiger partial charge in [0.1, 0.15) is 11.8 Å². The van der Waals surface area contributed by atoms with Crippen LogP contribution in [0.4, 0.5) is 5.82 Å². The molecule has 0 spiro atoms. The van der Waals surface area contributed by atoms with Gasteiger partial charge in [-0.1, -0.05) is 47.1 Å². The topological polar surface area (TPSA) is 156 Å². The number of aliphatic hydroxyl groups is 2. The van der Waals surface area contributed by atoms with Crippen molar-refractivity contribution in [3.63, 3.8) is 0 Å². The van der Waals surface area contributed by atoms with E-state index in [9.17, 15) is 15.0 Å². The van der Waals surface area contributed by atoms with Crippen molar-refractivity contribution in [1.82, 2.24) is 39.8 Å². The molecule has 2 aliphatic rings. The molecule has 0 unspecified atom stereocenters. The number of amides is 1. The van der Waals surface area contributed by atoms with E-state index in [1.165, 1.54) is 28.6 Å². The molecule has 0 aliphatic heterocycles. The van der Waals surface area contributed by atoms with E-state index in [-0.39, 0.29) is 17.8 Å². The van der Waals surface area contributed by atoms with Crippen molar-refractivity contribution in [3.05, 3.63) is 64.9 Å². The fourth-order valence-electron chi connectivity index (χ4n) is 6.03. The molecule has 4 heterocycles. The summed E-state index contributed by atoms with van der Waals surface area (Å²) in [7, 11) is 1.54. The molecular weight excluding hydrogens is 566 g/mol. The molecule has 14 heteroatoms. The van der Waals surface area contributed by atoms with Gasteiger partial charge in [0.2, 0.25) is 5.91 Å². The van der Waals surface area contributed by atoms with Crippen LogP contribution in [-0.2, 0) is 11.2 Å². The highest BCUT2D eigenvalue weighted by atomic mass is 35.5. The van der Waals surface area contributed by atoms with Crippen molar-refractivity contribution in [2.45, 2.75) is 31.1 Å². The predicted molar refractivity (Wildman–Crippen MR) is 153 cm³/mol. The smallest absolute Gasteiger partial charge is 0.256 e. The minimum Gasteiger partial charge on any atom is -0.389 e. The third-order valence-corrected chi connectivity index (χ3v) is 9.38. The van der Waals surface area contributed by atoms with Crippen molar-refractivity contribution in [3.8, 4) is 16.5 Å². The van der Waals surface area contributed by atoms with Crippen LogP contribution in [0.1, 0.15) is 18.0 Å². The summed E-state index contributed by atoms with van der Waals surface area (Å²) < 4.78 is 3.87. The minimum absolute atomic E-state index is 0.254. The lowest BCUT2D eigenvalue weighted by Crippen LogP contribution is -2.41. The van der Waals surface area contributed by atoms with Crippen LogP contribution in [0.15, 0.2) is 55.0 Å². The Labute approximate surface area is 243 Å². The molecule has 2 aliphatic carbocycles. The van der Waals surface area contributed by atoms with Gasteiger partial charge in [-0.3, -0.25) is 4.79 Å². The third-order valence-electron chi connectivity index (χ3n) is 8.13. The molecule has 4 aromatic heterocycles. The van der Waals surface area contributed by atoms with Gasteiger partial charge in [-0.15, -0.1) is 16.4 Å². The van der Waals surface area contributed by atoms with Gasteiger partial charge in [0.05, 0.1) is 39.3 Å². The van der Waals surface area contributed by atoms with Gasteiger partial charge in [-0.05, 0) is 30.5 Å². The van der Waals surface area contributed by atoms with Crippen LogP contribution in [0.2, 0.25) is 4.34 Å². The van der Waals surface area contributed by atoms with E-state index in [1.54, 1.807) is 23.2 Å². The van der Waals surface area contributed by atoms with Crippen molar-refractivity contribution < 1.29 is 15.0 Å². The normalized spacial score (nSPS) is 24.9. The number of fused-ring (bicyclic) bond motifs is 2. The summed E-state index contributed by atoms with van der Waals surface area (Å²) in [5.41, 5.74) is 1.73. The first-order valence-corrected chi connectivity index (χ1v) is 14.4. The highest BCUT2D eigenvalue weighted by molar-refractivity contribution is 7.19. The molecule has 1 aromatic carbocycles. The number of aliphatic hydroxyl groups excluding tert-OH is 2. The number of benzene rings is 1. The maximum Gasteiger partial charge on any atom is 0.256 e. The Balaban J connectivity index is 1.28. The first-order chi connectivity index (χ1) is 19.9. The van der Waals surface area contributed by atoms with Crippen LogP contribution in [-0.4, -0.2) is 76.4 Å². The van der Waals surface area contributed by atoms with Crippen LogP contribution < -0.4 is 10.6 Å². The van der Waals surface area contributed by atoms with Gasteiger partial charge < -0.3 is 25.4 Å². The number of nitrogens with one attached hydrogen (secondary N) is 2. The standard InChI is InChI=1S/C27H26ClN9O3S/c1-29-25(40)27-11-15(27)20(21(38)22(27)39)36-13-31-19-23(30-10-9-14-5-3-2-4-6-14)32-26(33-24(19)36)37-12-16(34-35-37)17-7-8-18(28)41-17/h2-8,12-13,15,20-22,38-39H,9-11H2,1H3,(H,29,40)(H,30,32,33)/t15-,20-,21+,22+,27+/m1/s1. The second-order valence-electron chi connectivity index (χ2n) is 10.4. The molecule has 7 rings (SSSR count). The van der Waals surface area contributed by atoms with Gasteiger partial charge in [0.25, 0.3) is 5.95 Å². The number of anilines is 1.